The Balaban J connectivity index is 2.23. The summed E-state index contributed by atoms with van der Waals surface area (Å²) >= 11 is 0.757. The molecular formula is C11H7F2NO3S. The number of carbonyl (C=O) groups excluding carboxylic acids is 3. The number of carbonyl (C=O) groups is 3. The summed E-state index contributed by atoms with van der Waals surface area (Å²) in [6.07, 6.45) is 0. The van der Waals surface area contributed by atoms with Gasteiger partial charge in [-0.3, -0.25) is 19.3 Å². The monoisotopic (exact) mass is 271 g/mol. The molecular weight excluding hydrogens is 264 g/mol. The lowest BCUT2D eigenvalue weighted by molar-refractivity contribution is -0.124. The fourth-order valence-electron chi connectivity index (χ4n) is 1.52. The van der Waals surface area contributed by atoms with Gasteiger partial charge in [-0.1, -0.05) is 17.8 Å². The predicted octanol–water partition coefficient (Wildman–Crippen LogP) is 1.84. The van der Waals surface area contributed by atoms with E-state index >= 15 is 0 Å². The van der Waals surface area contributed by atoms with Gasteiger partial charge in [0.2, 0.25) is 5.91 Å². The number of hydrogen-bond acceptors (Lipinski definition) is 4. The Morgan fingerprint density at radius 2 is 1.89 bits per heavy atom. The molecule has 2 amide bonds. The fraction of sp³-hybridized carbons (Fsp3) is 0.182. The average Bonchev–Trinajstić information content (AvgIpc) is 2.60. The second-order valence-corrected chi connectivity index (χ2v) is 4.48. The molecule has 4 nitrogen and oxygen atoms in total. The van der Waals surface area contributed by atoms with Crippen LogP contribution >= 0.6 is 11.8 Å². The number of halogens is 2. The Morgan fingerprint density at radius 1 is 1.28 bits per heavy atom. The van der Waals surface area contributed by atoms with E-state index in [4.69, 9.17) is 0 Å². The lowest BCUT2D eigenvalue weighted by Crippen LogP contribution is -2.34. The van der Waals surface area contributed by atoms with Crippen LogP contribution in [0.4, 0.5) is 13.6 Å². The number of thioether (sulfide) groups is 1. The summed E-state index contributed by atoms with van der Waals surface area (Å²) in [5.41, 5.74) is -0.727. The first-order valence-electron chi connectivity index (χ1n) is 4.95. The van der Waals surface area contributed by atoms with Crippen LogP contribution in [-0.4, -0.2) is 34.1 Å². The molecule has 0 aromatic heterocycles. The number of amides is 2. The second kappa shape index (κ2) is 4.85. The van der Waals surface area contributed by atoms with Crippen LogP contribution in [0.15, 0.2) is 18.2 Å². The van der Waals surface area contributed by atoms with E-state index in [9.17, 15) is 23.2 Å². The first kappa shape index (κ1) is 12.7. The Hall–Kier alpha value is -1.76. The van der Waals surface area contributed by atoms with Gasteiger partial charge in [0.1, 0.15) is 11.6 Å². The summed E-state index contributed by atoms with van der Waals surface area (Å²) in [7, 11) is 0. The maximum absolute atomic E-state index is 13.3. The van der Waals surface area contributed by atoms with Gasteiger partial charge >= 0.3 is 0 Å². The third-order valence-electron chi connectivity index (χ3n) is 2.38. The van der Waals surface area contributed by atoms with E-state index < -0.39 is 40.7 Å². The van der Waals surface area contributed by atoms with E-state index in [0.717, 1.165) is 30.0 Å². The van der Waals surface area contributed by atoms with Crippen LogP contribution in [-0.2, 0) is 4.79 Å². The highest BCUT2D eigenvalue weighted by Gasteiger charge is 2.32. The zero-order chi connectivity index (χ0) is 13.3. The first-order chi connectivity index (χ1) is 8.50. The molecule has 1 aromatic carbocycles. The summed E-state index contributed by atoms with van der Waals surface area (Å²) in [4.78, 5) is 34.9. The summed E-state index contributed by atoms with van der Waals surface area (Å²) in [5, 5.41) is -0.579. The number of rotatable bonds is 3. The van der Waals surface area contributed by atoms with Gasteiger partial charge in [0.25, 0.3) is 5.24 Å². The Morgan fingerprint density at radius 3 is 2.39 bits per heavy atom. The Bertz CT molecular complexity index is 511. The minimum absolute atomic E-state index is 0.0497. The summed E-state index contributed by atoms with van der Waals surface area (Å²) < 4.78 is 26.6. The van der Waals surface area contributed by atoms with E-state index in [1.807, 2.05) is 0 Å². The number of ketones is 1. The van der Waals surface area contributed by atoms with Crippen LogP contribution in [0.1, 0.15) is 10.4 Å². The molecule has 0 aliphatic carbocycles. The molecule has 0 unspecified atom stereocenters. The van der Waals surface area contributed by atoms with Crippen LogP contribution in [0.2, 0.25) is 0 Å². The maximum atomic E-state index is 13.3. The van der Waals surface area contributed by atoms with E-state index in [1.165, 1.54) is 0 Å². The van der Waals surface area contributed by atoms with Crippen molar-refractivity contribution in [3.8, 4) is 0 Å². The molecule has 1 fully saturated rings. The molecule has 0 N–H and O–H groups in total. The van der Waals surface area contributed by atoms with Crippen LogP contribution in [0.25, 0.3) is 0 Å². The first-order valence-corrected chi connectivity index (χ1v) is 5.93. The van der Waals surface area contributed by atoms with Gasteiger partial charge in [-0.05, 0) is 12.1 Å². The number of nitrogens with zero attached hydrogens (tertiary/aromatic N) is 1. The Kier molecular flexibility index (Phi) is 3.42. The predicted molar refractivity (Wildman–Crippen MR) is 60.3 cm³/mol. The van der Waals surface area contributed by atoms with Crippen molar-refractivity contribution in [1.82, 2.24) is 4.90 Å². The van der Waals surface area contributed by atoms with E-state index in [0.29, 0.717) is 4.90 Å². The SMILES string of the molecule is O=C(CN1C(=O)CSC1=O)c1c(F)cccc1F. The topological polar surface area (TPSA) is 54.5 Å². The van der Waals surface area contributed by atoms with Gasteiger partial charge in [-0.15, -0.1) is 0 Å². The van der Waals surface area contributed by atoms with Crippen molar-refractivity contribution in [2.45, 2.75) is 0 Å². The van der Waals surface area contributed by atoms with Crippen LogP contribution < -0.4 is 0 Å². The van der Waals surface area contributed by atoms with E-state index in [2.05, 4.69) is 0 Å². The molecule has 0 bridgehead atoms. The lowest BCUT2D eigenvalue weighted by atomic mass is 10.1. The number of Topliss-reactive ketones (excluding diaryl/α,β-unsaturated/α-hetero) is 1. The van der Waals surface area contributed by atoms with Gasteiger partial charge in [0.15, 0.2) is 5.78 Å². The van der Waals surface area contributed by atoms with Crippen LogP contribution in [0, 0.1) is 11.6 Å². The lowest BCUT2D eigenvalue weighted by Gasteiger charge is -2.12. The largest absolute Gasteiger partial charge is 0.292 e. The molecule has 0 spiro atoms. The molecule has 94 valence electrons. The third-order valence-corrected chi connectivity index (χ3v) is 3.24. The van der Waals surface area contributed by atoms with Gasteiger partial charge in [-0.25, -0.2) is 8.78 Å². The van der Waals surface area contributed by atoms with Gasteiger partial charge in [0.05, 0.1) is 17.9 Å². The molecule has 1 heterocycles. The number of imide groups is 1. The zero-order valence-corrected chi connectivity index (χ0v) is 9.80. The Labute approximate surface area is 105 Å². The van der Waals surface area contributed by atoms with Crippen LogP contribution in [0.5, 0.6) is 0 Å². The van der Waals surface area contributed by atoms with Crippen molar-refractivity contribution in [2.75, 3.05) is 12.3 Å². The summed E-state index contributed by atoms with van der Waals surface area (Å²) in [6, 6.07) is 3.01. The van der Waals surface area contributed by atoms with E-state index in [1.54, 1.807) is 0 Å². The molecule has 1 aromatic rings. The molecule has 18 heavy (non-hydrogen) atoms. The van der Waals surface area contributed by atoms with Crippen molar-refractivity contribution in [3.05, 3.63) is 35.4 Å². The standard InChI is InChI=1S/C11H7F2NO3S/c12-6-2-1-3-7(13)10(6)8(15)4-14-9(16)5-18-11(14)17/h1-3H,4-5H2. The quantitative estimate of drug-likeness (QED) is 0.787. The van der Waals surface area contributed by atoms with Gasteiger partial charge in [-0.2, -0.15) is 0 Å². The molecule has 0 radical (unpaired) electrons. The normalized spacial score (nSPS) is 15.3. The highest BCUT2D eigenvalue weighted by atomic mass is 32.2. The highest BCUT2D eigenvalue weighted by molar-refractivity contribution is 8.14. The van der Waals surface area contributed by atoms with Crippen molar-refractivity contribution in [1.29, 1.82) is 0 Å². The minimum Gasteiger partial charge on any atom is -0.292 e. The summed E-state index contributed by atoms with van der Waals surface area (Å²) in [6.45, 7) is -0.636. The van der Waals surface area contributed by atoms with Gasteiger partial charge < -0.3 is 0 Å². The smallest absolute Gasteiger partial charge is 0.289 e. The number of hydrogen-bond donors (Lipinski definition) is 0. The second-order valence-electron chi connectivity index (χ2n) is 3.55. The third kappa shape index (κ3) is 2.26. The average molecular weight is 271 g/mol. The van der Waals surface area contributed by atoms with Crippen LogP contribution in [0.3, 0.4) is 0 Å². The molecule has 7 heteroatoms. The molecule has 1 aliphatic heterocycles. The molecule has 1 saturated heterocycles. The molecule has 2 rings (SSSR count). The van der Waals surface area contributed by atoms with Crippen molar-refractivity contribution in [2.24, 2.45) is 0 Å². The van der Waals surface area contributed by atoms with Gasteiger partial charge in [0, 0.05) is 0 Å². The van der Waals surface area contributed by atoms with Crippen molar-refractivity contribution < 1.29 is 23.2 Å². The van der Waals surface area contributed by atoms with Crippen molar-refractivity contribution in [3.63, 3.8) is 0 Å². The molecule has 0 atom stereocenters. The maximum Gasteiger partial charge on any atom is 0.289 e. The highest BCUT2D eigenvalue weighted by Crippen LogP contribution is 2.20. The number of benzene rings is 1. The fourth-order valence-corrected chi connectivity index (χ4v) is 2.25. The van der Waals surface area contributed by atoms with E-state index in [-0.39, 0.29) is 5.75 Å². The van der Waals surface area contributed by atoms with Crippen molar-refractivity contribution >= 4 is 28.7 Å². The minimum atomic E-state index is -1.01. The molecule has 0 saturated carbocycles. The summed E-state index contributed by atoms with van der Waals surface area (Å²) in [5.74, 6) is -3.53. The molecule has 1 aliphatic rings. The zero-order valence-electron chi connectivity index (χ0n) is 8.98.